The van der Waals surface area contributed by atoms with E-state index in [-0.39, 0.29) is 18.9 Å². The van der Waals surface area contributed by atoms with Crippen molar-refractivity contribution in [2.75, 3.05) is 26.9 Å². The lowest BCUT2D eigenvalue weighted by Gasteiger charge is -2.31. The molecule has 2 atom stereocenters. The highest BCUT2D eigenvalue weighted by Gasteiger charge is 2.54. The third-order valence-corrected chi connectivity index (χ3v) is 8.46. The van der Waals surface area contributed by atoms with Gasteiger partial charge in [-0.2, -0.15) is 0 Å². The predicted molar refractivity (Wildman–Crippen MR) is 183 cm³/mol. The second-order valence-electron chi connectivity index (χ2n) is 10.7. The highest BCUT2D eigenvalue weighted by Crippen LogP contribution is 2.45. The Labute approximate surface area is 281 Å². The van der Waals surface area contributed by atoms with Gasteiger partial charge in [0.05, 0.1) is 13.7 Å². The molecule has 4 aromatic carbocycles. The summed E-state index contributed by atoms with van der Waals surface area (Å²) in [6.45, 7) is 0.850. The number of amides is 1. The fraction of sp³-hybridized carbons (Fsp3) is 0.257. The van der Waals surface area contributed by atoms with Crippen molar-refractivity contribution < 1.29 is 24.1 Å². The number of halogens is 1. The van der Waals surface area contributed by atoms with Crippen LogP contribution in [-0.4, -0.2) is 49.3 Å². The van der Waals surface area contributed by atoms with Crippen LogP contribution >= 0.6 is 15.9 Å². The zero-order valence-corrected chi connectivity index (χ0v) is 27.4. The van der Waals surface area contributed by atoms with Gasteiger partial charge in [-0.1, -0.05) is 81.7 Å². The molecule has 0 saturated heterocycles. The summed E-state index contributed by atoms with van der Waals surface area (Å²) in [7, 11) is 1.63. The molecule has 0 spiro atoms. The van der Waals surface area contributed by atoms with Crippen LogP contribution in [0.2, 0.25) is 0 Å². The van der Waals surface area contributed by atoms with Crippen LogP contribution in [0.5, 0.6) is 11.5 Å². The standard InChI is InChI=1S/C35H35BrN6O5/c1-45-31-14-7-3-9-24(31)19-20-38-41-34(44)35(23-26-10-2-6-13-30(26)40-42-37)32(28-11-4-5-12-29(28)36)47-33(39-35)25-15-17-27(18-16-25)46-22-8-21-43/h2-7,9-18,32,38,43H,8,19-23H2,1H3,(H,41,44)/t32-,35-/m0/s1. The Kier molecular flexibility index (Phi) is 11.5. The third-order valence-electron chi connectivity index (χ3n) is 7.74. The lowest BCUT2D eigenvalue weighted by molar-refractivity contribution is -0.130. The Bertz CT molecular complexity index is 1760. The smallest absolute Gasteiger partial charge is 0.266 e. The van der Waals surface area contributed by atoms with Crippen molar-refractivity contribution in [3.63, 3.8) is 0 Å². The third kappa shape index (κ3) is 7.93. The Morgan fingerprint density at radius 1 is 1.04 bits per heavy atom. The number of hydrogen-bond donors (Lipinski definition) is 3. The van der Waals surface area contributed by atoms with Gasteiger partial charge in [0.25, 0.3) is 5.91 Å². The fourth-order valence-electron chi connectivity index (χ4n) is 5.40. The minimum atomic E-state index is -1.52. The molecule has 5 rings (SSSR count). The van der Waals surface area contributed by atoms with E-state index in [1.807, 2.05) is 72.8 Å². The van der Waals surface area contributed by atoms with Crippen LogP contribution in [0, 0.1) is 0 Å². The highest BCUT2D eigenvalue weighted by atomic mass is 79.9. The van der Waals surface area contributed by atoms with E-state index in [4.69, 9.17) is 24.3 Å². The van der Waals surface area contributed by atoms with Crippen molar-refractivity contribution >= 4 is 33.4 Å². The summed E-state index contributed by atoms with van der Waals surface area (Å²) in [4.78, 5) is 22.6. The van der Waals surface area contributed by atoms with Gasteiger partial charge in [-0.05, 0) is 59.5 Å². The van der Waals surface area contributed by atoms with Gasteiger partial charge in [-0.25, -0.2) is 10.4 Å². The minimum Gasteiger partial charge on any atom is -0.496 e. The summed E-state index contributed by atoms with van der Waals surface area (Å²) in [5, 5.41) is 13.0. The lowest BCUT2D eigenvalue weighted by Crippen LogP contribution is -2.54. The number of aliphatic hydroxyl groups excluding tert-OH is 1. The number of hydrazine groups is 1. The van der Waals surface area contributed by atoms with E-state index in [0.717, 1.165) is 21.3 Å². The number of aliphatic imine (C=N–C) groups is 1. The SMILES string of the molecule is COc1ccccc1CCNNC(=O)[C@@]1(Cc2ccccc2N=[N+]=[N-])N=C(c2ccc(OCCCO)cc2)O[C@H]1c1ccccc1Br. The normalized spacial score (nSPS) is 16.8. The molecule has 1 heterocycles. The number of nitrogens with zero attached hydrogens (tertiary/aromatic N) is 4. The molecule has 0 aliphatic carbocycles. The molecule has 11 nitrogen and oxygen atoms in total. The van der Waals surface area contributed by atoms with Crippen LogP contribution < -0.4 is 20.3 Å². The summed E-state index contributed by atoms with van der Waals surface area (Å²) in [6, 6.07) is 29.6. The largest absolute Gasteiger partial charge is 0.496 e. The van der Waals surface area contributed by atoms with Crippen molar-refractivity contribution in [2.45, 2.75) is 30.9 Å². The van der Waals surface area contributed by atoms with E-state index in [1.165, 1.54) is 0 Å². The Morgan fingerprint density at radius 3 is 2.51 bits per heavy atom. The van der Waals surface area contributed by atoms with Crippen molar-refractivity contribution in [1.29, 1.82) is 0 Å². The zero-order chi connectivity index (χ0) is 33.1. The fourth-order valence-corrected chi connectivity index (χ4v) is 5.89. The second kappa shape index (κ2) is 16.1. The Morgan fingerprint density at radius 2 is 1.77 bits per heavy atom. The first kappa shape index (κ1) is 33.5. The number of carbonyl (C=O) groups excluding carboxylic acids is 1. The van der Waals surface area contributed by atoms with E-state index < -0.39 is 17.6 Å². The molecular weight excluding hydrogens is 664 g/mol. The highest BCUT2D eigenvalue weighted by molar-refractivity contribution is 9.10. The predicted octanol–water partition coefficient (Wildman–Crippen LogP) is 6.52. The number of methoxy groups -OCH3 is 1. The molecule has 47 heavy (non-hydrogen) atoms. The molecule has 1 aliphatic heterocycles. The maximum absolute atomic E-state index is 14.5. The monoisotopic (exact) mass is 698 g/mol. The molecular formula is C35H35BrN6O5. The quantitative estimate of drug-likeness (QED) is 0.0423. The van der Waals surface area contributed by atoms with Gasteiger partial charge < -0.3 is 19.3 Å². The summed E-state index contributed by atoms with van der Waals surface area (Å²) in [6.07, 6.45) is 0.332. The average molecular weight is 700 g/mol. The number of aliphatic hydroxyl groups is 1. The molecule has 1 amide bonds. The first-order chi connectivity index (χ1) is 23.0. The van der Waals surface area contributed by atoms with Gasteiger partial charge in [0, 0.05) is 52.2 Å². The minimum absolute atomic E-state index is 0.0431. The topological polar surface area (TPSA) is 150 Å². The van der Waals surface area contributed by atoms with Gasteiger partial charge in [0.15, 0.2) is 11.6 Å². The number of nitrogens with one attached hydrogen (secondary N) is 2. The molecule has 0 radical (unpaired) electrons. The Hall–Kier alpha value is -4.87. The molecule has 3 N–H and O–H groups in total. The number of ether oxygens (including phenoxy) is 3. The molecule has 4 aromatic rings. The van der Waals surface area contributed by atoms with E-state index in [0.29, 0.717) is 48.6 Å². The lowest BCUT2D eigenvalue weighted by atomic mass is 9.81. The number of carbonyl (C=O) groups is 1. The molecule has 1 aliphatic rings. The molecule has 0 saturated carbocycles. The van der Waals surface area contributed by atoms with Crippen LogP contribution in [-0.2, 0) is 22.4 Å². The van der Waals surface area contributed by atoms with Crippen molar-refractivity contribution in [3.05, 3.63) is 134 Å². The van der Waals surface area contributed by atoms with Crippen molar-refractivity contribution in [1.82, 2.24) is 10.9 Å². The Balaban J connectivity index is 1.52. The molecule has 0 unspecified atom stereocenters. The van der Waals surface area contributed by atoms with Gasteiger partial charge in [0.2, 0.25) is 5.90 Å². The first-order valence-corrected chi connectivity index (χ1v) is 15.9. The van der Waals surface area contributed by atoms with E-state index in [2.05, 4.69) is 36.8 Å². The summed E-state index contributed by atoms with van der Waals surface area (Å²) < 4.78 is 18.5. The number of azide groups is 1. The van der Waals surface area contributed by atoms with Crippen LogP contribution in [0.15, 0.2) is 112 Å². The number of hydrogen-bond acceptors (Lipinski definition) is 8. The van der Waals surface area contributed by atoms with Crippen molar-refractivity contribution in [2.24, 2.45) is 10.1 Å². The maximum Gasteiger partial charge on any atom is 0.266 e. The molecule has 0 aromatic heterocycles. The number of benzene rings is 4. The zero-order valence-electron chi connectivity index (χ0n) is 25.8. The van der Waals surface area contributed by atoms with Gasteiger partial charge >= 0.3 is 0 Å². The molecule has 12 heteroatoms. The number of para-hydroxylation sites is 1. The van der Waals surface area contributed by atoms with E-state index in [9.17, 15) is 10.3 Å². The molecule has 0 bridgehead atoms. The first-order valence-electron chi connectivity index (χ1n) is 15.1. The summed E-state index contributed by atoms with van der Waals surface area (Å²) in [5.41, 5.74) is 17.1. The molecule has 0 fully saturated rings. The average Bonchev–Trinajstić information content (AvgIpc) is 3.48. The van der Waals surface area contributed by atoms with Crippen LogP contribution in [0.1, 0.15) is 34.8 Å². The van der Waals surface area contributed by atoms with E-state index >= 15 is 0 Å². The maximum atomic E-state index is 14.5. The van der Waals surface area contributed by atoms with Gasteiger partial charge in [0.1, 0.15) is 11.5 Å². The van der Waals surface area contributed by atoms with Crippen LogP contribution in [0.3, 0.4) is 0 Å². The molecule has 242 valence electrons. The summed E-state index contributed by atoms with van der Waals surface area (Å²) in [5.74, 6) is 1.25. The van der Waals surface area contributed by atoms with Crippen LogP contribution in [0.25, 0.3) is 10.4 Å². The van der Waals surface area contributed by atoms with Gasteiger partial charge in [-0.3, -0.25) is 10.2 Å². The summed E-state index contributed by atoms with van der Waals surface area (Å²) >= 11 is 3.66. The van der Waals surface area contributed by atoms with Gasteiger partial charge in [-0.15, -0.1) is 0 Å². The van der Waals surface area contributed by atoms with Crippen LogP contribution in [0.4, 0.5) is 5.69 Å². The van der Waals surface area contributed by atoms with Crippen molar-refractivity contribution in [3.8, 4) is 11.5 Å². The second-order valence-corrected chi connectivity index (χ2v) is 11.6. The van der Waals surface area contributed by atoms with E-state index in [1.54, 1.807) is 31.4 Å². The number of rotatable bonds is 15.